The number of aryl methyl sites for hydroxylation is 2. The van der Waals surface area contributed by atoms with Crippen LogP contribution < -0.4 is 0 Å². The molecule has 2 amide bonds. The molecule has 0 radical (unpaired) electrons. The van der Waals surface area contributed by atoms with E-state index in [0.717, 1.165) is 32.4 Å². The first-order chi connectivity index (χ1) is 15.7. The first kappa shape index (κ1) is 28.2. The van der Waals surface area contributed by atoms with Gasteiger partial charge in [0.25, 0.3) is 0 Å². The zero-order valence-electron chi connectivity index (χ0n) is 21.3. The second-order valence-corrected chi connectivity index (χ2v) is 8.91. The van der Waals surface area contributed by atoms with Gasteiger partial charge in [-0.15, -0.1) is 0 Å². The summed E-state index contributed by atoms with van der Waals surface area (Å²) in [7, 11) is 0. The minimum atomic E-state index is 0.154. The molecule has 0 aliphatic carbocycles. The molecule has 0 saturated carbocycles. The fourth-order valence-electron chi connectivity index (χ4n) is 3.40. The third-order valence-electron chi connectivity index (χ3n) is 5.32. The van der Waals surface area contributed by atoms with Crippen LogP contribution in [0.4, 0.5) is 0 Å². The van der Waals surface area contributed by atoms with Crippen molar-refractivity contribution in [1.82, 2.24) is 9.80 Å². The van der Waals surface area contributed by atoms with Gasteiger partial charge in [0.2, 0.25) is 11.8 Å². The van der Waals surface area contributed by atoms with E-state index >= 15 is 0 Å². The van der Waals surface area contributed by atoms with Crippen LogP contribution in [-0.4, -0.2) is 46.8 Å². The Morgan fingerprint density at radius 1 is 0.697 bits per heavy atom. The van der Waals surface area contributed by atoms with Crippen molar-refractivity contribution < 1.29 is 9.59 Å². The highest BCUT2D eigenvalue weighted by molar-refractivity contribution is 5.88. The molecule has 0 bridgehead atoms. The Labute approximate surface area is 201 Å². The number of likely N-dealkylation sites (tertiary alicyclic amines) is 1. The lowest BCUT2D eigenvalue weighted by atomic mass is 10.2. The Balaban J connectivity index is 0.000000222. The highest BCUT2D eigenvalue weighted by atomic mass is 16.2. The molecule has 4 nitrogen and oxygen atoms in total. The fourth-order valence-corrected chi connectivity index (χ4v) is 3.40. The van der Waals surface area contributed by atoms with Crippen molar-refractivity contribution in [3.8, 4) is 0 Å². The minimum Gasteiger partial charge on any atom is -0.340 e. The van der Waals surface area contributed by atoms with E-state index < -0.39 is 0 Å². The van der Waals surface area contributed by atoms with Crippen LogP contribution >= 0.6 is 0 Å². The van der Waals surface area contributed by atoms with E-state index in [1.807, 2.05) is 66.1 Å². The molecule has 33 heavy (non-hydrogen) atoms. The zero-order valence-corrected chi connectivity index (χ0v) is 21.3. The highest BCUT2D eigenvalue weighted by Crippen LogP contribution is 2.12. The van der Waals surface area contributed by atoms with Crippen molar-refractivity contribution in [2.24, 2.45) is 0 Å². The lowest BCUT2D eigenvalue weighted by Crippen LogP contribution is -2.38. The van der Waals surface area contributed by atoms with Crippen molar-refractivity contribution >= 4 is 11.8 Å². The molecule has 2 aliphatic rings. The van der Waals surface area contributed by atoms with Crippen LogP contribution in [0.15, 0.2) is 72.8 Å². The molecule has 2 heterocycles. The third kappa shape index (κ3) is 12.1. The van der Waals surface area contributed by atoms with Crippen LogP contribution in [0.1, 0.15) is 58.1 Å². The quantitative estimate of drug-likeness (QED) is 0.547. The Kier molecular flexibility index (Phi) is 13.5. The zero-order chi connectivity index (χ0) is 24.6. The minimum absolute atomic E-state index is 0.154. The Morgan fingerprint density at radius 3 is 1.42 bits per heavy atom. The van der Waals surface area contributed by atoms with Gasteiger partial charge in [-0.25, -0.2) is 0 Å². The molecule has 0 atom stereocenters. The van der Waals surface area contributed by atoms with E-state index in [1.54, 1.807) is 6.08 Å². The summed E-state index contributed by atoms with van der Waals surface area (Å²) in [5, 5.41) is 0. The summed E-state index contributed by atoms with van der Waals surface area (Å²) in [6.07, 6.45) is 6.41. The molecule has 1 saturated heterocycles. The number of hydrogen-bond donors (Lipinski definition) is 0. The van der Waals surface area contributed by atoms with Crippen LogP contribution in [0.25, 0.3) is 0 Å². The summed E-state index contributed by atoms with van der Waals surface area (Å²) in [5.41, 5.74) is 2.64. The molecule has 2 aliphatic heterocycles. The van der Waals surface area contributed by atoms with Gasteiger partial charge >= 0.3 is 0 Å². The predicted molar refractivity (Wildman–Crippen MR) is 139 cm³/mol. The van der Waals surface area contributed by atoms with Crippen LogP contribution in [0.2, 0.25) is 0 Å². The Morgan fingerprint density at radius 2 is 1.18 bits per heavy atom. The molecule has 4 heteroatoms. The number of carbonyl (C=O) groups is 2. The predicted octanol–water partition coefficient (Wildman–Crippen LogP) is 6.19. The van der Waals surface area contributed by atoms with Gasteiger partial charge in [0.15, 0.2) is 0 Å². The average molecular weight is 451 g/mol. The maximum atomic E-state index is 11.1. The van der Waals surface area contributed by atoms with Crippen molar-refractivity contribution in [1.29, 1.82) is 0 Å². The lowest BCUT2D eigenvalue weighted by Gasteiger charge is -2.27. The first-order valence-corrected chi connectivity index (χ1v) is 12.0. The van der Waals surface area contributed by atoms with Crippen LogP contribution in [0, 0.1) is 13.8 Å². The van der Waals surface area contributed by atoms with E-state index in [9.17, 15) is 9.59 Å². The van der Waals surface area contributed by atoms with Gasteiger partial charge in [0.05, 0.1) is 0 Å². The second kappa shape index (κ2) is 15.8. The van der Waals surface area contributed by atoms with Crippen molar-refractivity contribution in [2.45, 2.75) is 72.9 Å². The largest absolute Gasteiger partial charge is 0.340 e. The van der Waals surface area contributed by atoms with Gasteiger partial charge in [-0.3, -0.25) is 9.59 Å². The van der Waals surface area contributed by atoms with E-state index in [0.29, 0.717) is 18.0 Å². The van der Waals surface area contributed by atoms with E-state index in [2.05, 4.69) is 52.0 Å². The Hall–Kier alpha value is -2.88. The summed E-state index contributed by atoms with van der Waals surface area (Å²) in [6, 6.07) is 21.3. The van der Waals surface area contributed by atoms with Gasteiger partial charge in [0, 0.05) is 31.6 Å². The molecule has 0 N–H and O–H groups in total. The van der Waals surface area contributed by atoms with Crippen molar-refractivity contribution in [3.05, 3.63) is 83.9 Å². The number of amides is 2. The van der Waals surface area contributed by atoms with Gasteiger partial charge in [-0.2, -0.15) is 0 Å². The maximum absolute atomic E-state index is 11.1. The summed E-state index contributed by atoms with van der Waals surface area (Å²) < 4.78 is 0. The van der Waals surface area contributed by atoms with E-state index in [-0.39, 0.29) is 5.91 Å². The fraction of sp³-hybridized carbons (Fsp3) is 0.448. The van der Waals surface area contributed by atoms with Crippen LogP contribution in [0.5, 0.6) is 0 Å². The molecule has 4 rings (SSSR count). The molecule has 180 valence electrons. The SMILES string of the molecule is CC(C)N1CCC=CC1=O.CC(C)N1CCCC1=O.Cc1ccccc1.Cc1ccccc1. The molecule has 0 unspecified atom stereocenters. The van der Waals surface area contributed by atoms with Crippen LogP contribution in [0.3, 0.4) is 0 Å². The highest BCUT2D eigenvalue weighted by Gasteiger charge is 2.21. The van der Waals surface area contributed by atoms with Gasteiger partial charge in [0.1, 0.15) is 0 Å². The van der Waals surface area contributed by atoms with Crippen molar-refractivity contribution in [3.63, 3.8) is 0 Å². The summed E-state index contributed by atoms with van der Waals surface area (Å²) in [6.45, 7) is 14.2. The normalized spacial score (nSPS) is 14.8. The molecule has 2 aromatic carbocycles. The molecular formula is C29H42N2O2. The number of hydrogen-bond acceptors (Lipinski definition) is 2. The smallest absolute Gasteiger partial charge is 0.246 e. The second-order valence-electron chi connectivity index (χ2n) is 8.91. The molecule has 1 fully saturated rings. The number of benzene rings is 2. The topological polar surface area (TPSA) is 40.6 Å². The molecule has 2 aromatic rings. The molecular weight excluding hydrogens is 408 g/mol. The van der Waals surface area contributed by atoms with Crippen LogP contribution in [-0.2, 0) is 9.59 Å². The van der Waals surface area contributed by atoms with Gasteiger partial charge in [-0.1, -0.05) is 77.9 Å². The van der Waals surface area contributed by atoms with E-state index in [4.69, 9.17) is 0 Å². The van der Waals surface area contributed by atoms with E-state index in [1.165, 1.54) is 11.1 Å². The summed E-state index contributed by atoms with van der Waals surface area (Å²) in [5.74, 6) is 0.478. The molecule has 0 aromatic heterocycles. The average Bonchev–Trinajstić information content (AvgIpc) is 3.23. The standard InChI is InChI=1S/C8H13NO.C7H13NO.2C7H8/c1-7(2)9-6-4-3-5-8(9)10;1-6(2)8-5-3-4-7(8)9;2*1-7-5-3-2-4-6-7/h3,5,7H,4,6H2,1-2H3;6H,3-5H2,1-2H3;2*2-6H,1H3. The third-order valence-corrected chi connectivity index (χ3v) is 5.32. The Bertz CT molecular complexity index is 792. The number of rotatable bonds is 2. The monoisotopic (exact) mass is 450 g/mol. The summed E-state index contributed by atoms with van der Waals surface area (Å²) in [4.78, 5) is 25.8. The number of nitrogens with zero attached hydrogens (tertiary/aromatic N) is 2. The maximum Gasteiger partial charge on any atom is 0.246 e. The van der Waals surface area contributed by atoms with Gasteiger partial charge < -0.3 is 9.80 Å². The summed E-state index contributed by atoms with van der Waals surface area (Å²) >= 11 is 0. The van der Waals surface area contributed by atoms with Crippen molar-refractivity contribution in [2.75, 3.05) is 13.1 Å². The number of carbonyl (C=O) groups excluding carboxylic acids is 2. The first-order valence-electron chi connectivity index (χ1n) is 12.0. The molecule has 0 spiro atoms. The lowest BCUT2D eigenvalue weighted by molar-refractivity contribution is -0.129. The van der Waals surface area contributed by atoms with Gasteiger partial charge in [-0.05, 0) is 60.5 Å².